The van der Waals surface area contributed by atoms with E-state index in [0.717, 1.165) is 25.6 Å². The summed E-state index contributed by atoms with van der Waals surface area (Å²) >= 11 is 0. The third kappa shape index (κ3) is 3.53. The lowest BCUT2D eigenvalue weighted by atomic mass is 10.2. The summed E-state index contributed by atoms with van der Waals surface area (Å²) < 4.78 is 5.79. The molecule has 0 radical (unpaired) electrons. The van der Waals surface area contributed by atoms with Crippen molar-refractivity contribution in [3.63, 3.8) is 0 Å². The van der Waals surface area contributed by atoms with Crippen molar-refractivity contribution in [1.82, 2.24) is 9.88 Å². The molecule has 0 spiro atoms. The van der Waals surface area contributed by atoms with Gasteiger partial charge in [0.25, 0.3) is 0 Å². The van der Waals surface area contributed by atoms with E-state index in [2.05, 4.69) is 21.4 Å². The van der Waals surface area contributed by atoms with Crippen molar-refractivity contribution in [2.24, 2.45) is 0 Å². The summed E-state index contributed by atoms with van der Waals surface area (Å²) in [7, 11) is 0. The predicted octanol–water partition coefficient (Wildman–Crippen LogP) is 2.03. The zero-order valence-corrected chi connectivity index (χ0v) is 11.9. The molecule has 5 nitrogen and oxygen atoms in total. The van der Waals surface area contributed by atoms with Crippen molar-refractivity contribution in [2.75, 3.05) is 30.4 Å². The molecule has 1 aliphatic heterocycles. The molecule has 0 aromatic carbocycles. The van der Waals surface area contributed by atoms with Crippen LogP contribution in [0.15, 0.2) is 30.8 Å². The van der Waals surface area contributed by atoms with Crippen LogP contribution in [-0.4, -0.2) is 35.2 Å². The molecular weight excluding hydrogens is 240 g/mol. The van der Waals surface area contributed by atoms with E-state index in [0.29, 0.717) is 11.6 Å². The second kappa shape index (κ2) is 4.99. The second-order valence-electron chi connectivity index (χ2n) is 5.73. The maximum Gasteiger partial charge on any atom is 0.183 e. The van der Waals surface area contributed by atoms with Crippen LogP contribution in [0.2, 0.25) is 0 Å². The van der Waals surface area contributed by atoms with E-state index in [-0.39, 0.29) is 5.60 Å². The van der Waals surface area contributed by atoms with E-state index >= 15 is 0 Å². The van der Waals surface area contributed by atoms with Crippen LogP contribution in [0, 0.1) is 0 Å². The minimum absolute atomic E-state index is 0.218. The highest BCUT2D eigenvalue weighted by molar-refractivity contribution is 5.46. The molecule has 19 heavy (non-hydrogen) atoms. The zero-order valence-electron chi connectivity index (χ0n) is 11.9. The van der Waals surface area contributed by atoms with Crippen LogP contribution in [0.4, 0.5) is 11.5 Å². The molecule has 0 saturated carbocycles. The first-order valence-electron chi connectivity index (χ1n) is 6.44. The monoisotopic (exact) mass is 262 g/mol. The van der Waals surface area contributed by atoms with Gasteiger partial charge in [-0.05, 0) is 39.5 Å². The van der Waals surface area contributed by atoms with E-state index in [1.807, 2.05) is 32.9 Å². The Morgan fingerprint density at radius 1 is 1.37 bits per heavy atom. The first-order valence-corrected chi connectivity index (χ1v) is 6.44. The van der Waals surface area contributed by atoms with Gasteiger partial charge in [0.2, 0.25) is 0 Å². The van der Waals surface area contributed by atoms with Gasteiger partial charge in [0.1, 0.15) is 11.4 Å². The SMILES string of the molecule is C=C(OC(C)(C)C)N1CCN(c2ccc(N)cn2)C1. The Kier molecular flexibility index (Phi) is 3.55. The lowest BCUT2D eigenvalue weighted by Gasteiger charge is -2.28. The highest BCUT2D eigenvalue weighted by Crippen LogP contribution is 2.22. The van der Waals surface area contributed by atoms with Crippen molar-refractivity contribution < 1.29 is 4.74 Å². The molecule has 1 saturated heterocycles. The molecule has 0 aliphatic carbocycles. The molecule has 1 fully saturated rings. The Bertz CT molecular complexity index is 450. The number of ether oxygens (including phenoxy) is 1. The van der Waals surface area contributed by atoms with Gasteiger partial charge in [0.05, 0.1) is 18.6 Å². The van der Waals surface area contributed by atoms with E-state index in [4.69, 9.17) is 10.5 Å². The summed E-state index contributed by atoms with van der Waals surface area (Å²) in [5, 5.41) is 0. The number of nitrogens with two attached hydrogens (primary N) is 1. The fourth-order valence-corrected chi connectivity index (χ4v) is 1.98. The molecule has 1 aromatic rings. The maximum atomic E-state index is 5.79. The average Bonchev–Trinajstić information content (AvgIpc) is 2.77. The topological polar surface area (TPSA) is 54.6 Å². The number of nitrogen functional groups attached to an aromatic ring is 1. The van der Waals surface area contributed by atoms with Gasteiger partial charge in [-0.15, -0.1) is 0 Å². The molecule has 0 atom stereocenters. The fraction of sp³-hybridized carbons (Fsp3) is 0.500. The Balaban J connectivity index is 1.96. The van der Waals surface area contributed by atoms with Gasteiger partial charge in [0, 0.05) is 13.1 Å². The summed E-state index contributed by atoms with van der Waals surface area (Å²) in [6.07, 6.45) is 1.68. The number of anilines is 2. The van der Waals surface area contributed by atoms with Gasteiger partial charge >= 0.3 is 0 Å². The molecular formula is C14H22N4O. The molecule has 2 rings (SSSR count). The third-order valence-corrected chi connectivity index (χ3v) is 2.85. The van der Waals surface area contributed by atoms with Crippen LogP contribution in [0.25, 0.3) is 0 Å². The predicted molar refractivity (Wildman–Crippen MR) is 77.5 cm³/mol. The molecule has 1 aromatic heterocycles. The Labute approximate surface area is 114 Å². The average molecular weight is 262 g/mol. The van der Waals surface area contributed by atoms with Gasteiger partial charge in [0.15, 0.2) is 5.88 Å². The number of hydrogen-bond acceptors (Lipinski definition) is 5. The van der Waals surface area contributed by atoms with Crippen molar-refractivity contribution in [2.45, 2.75) is 26.4 Å². The molecule has 2 N–H and O–H groups in total. The maximum absolute atomic E-state index is 5.79. The molecule has 0 unspecified atom stereocenters. The quantitative estimate of drug-likeness (QED) is 0.845. The van der Waals surface area contributed by atoms with Crippen LogP contribution < -0.4 is 10.6 Å². The first kappa shape index (κ1) is 13.5. The number of rotatable bonds is 3. The van der Waals surface area contributed by atoms with Crippen molar-refractivity contribution in [3.8, 4) is 0 Å². The number of hydrogen-bond donors (Lipinski definition) is 1. The van der Waals surface area contributed by atoms with Crippen LogP contribution in [0.1, 0.15) is 20.8 Å². The molecule has 0 bridgehead atoms. The lowest BCUT2D eigenvalue weighted by molar-refractivity contribution is 0.00921. The Morgan fingerprint density at radius 3 is 2.68 bits per heavy atom. The Hall–Kier alpha value is -1.91. The van der Waals surface area contributed by atoms with Crippen LogP contribution in [0.5, 0.6) is 0 Å². The largest absolute Gasteiger partial charge is 0.474 e. The van der Waals surface area contributed by atoms with Gasteiger partial charge < -0.3 is 20.3 Å². The van der Waals surface area contributed by atoms with Crippen molar-refractivity contribution in [1.29, 1.82) is 0 Å². The number of aromatic nitrogens is 1. The van der Waals surface area contributed by atoms with Crippen molar-refractivity contribution >= 4 is 11.5 Å². The van der Waals surface area contributed by atoms with Crippen molar-refractivity contribution in [3.05, 3.63) is 30.8 Å². The van der Waals surface area contributed by atoms with E-state index in [1.54, 1.807) is 6.20 Å². The van der Waals surface area contributed by atoms with Gasteiger partial charge in [-0.2, -0.15) is 0 Å². The van der Waals surface area contributed by atoms with E-state index in [9.17, 15) is 0 Å². The Morgan fingerprint density at radius 2 is 2.11 bits per heavy atom. The van der Waals surface area contributed by atoms with Crippen LogP contribution in [-0.2, 0) is 4.74 Å². The van der Waals surface area contributed by atoms with Gasteiger partial charge in [-0.25, -0.2) is 4.98 Å². The van der Waals surface area contributed by atoms with Gasteiger partial charge in [-0.1, -0.05) is 0 Å². The summed E-state index contributed by atoms with van der Waals surface area (Å²) in [6.45, 7) is 12.6. The third-order valence-electron chi connectivity index (χ3n) is 2.85. The number of pyridine rings is 1. The molecule has 104 valence electrons. The number of nitrogens with zero attached hydrogens (tertiary/aromatic N) is 3. The highest BCUT2D eigenvalue weighted by atomic mass is 16.5. The standard InChI is InChI=1S/C14H22N4O/c1-11(19-14(2,3)4)17-7-8-18(10-17)13-6-5-12(15)9-16-13/h5-6,9H,1,7-8,10,15H2,2-4H3. The van der Waals surface area contributed by atoms with Crippen LogP contribution in [0.3, 0.4) is 0 Å². The summed E-state index contributed by atoms with van der Waals surface area (Å²) in [5.74, 6) is 1.64. The minimum Gasteiger partial charge on any atom is -0.474 e. The minimum atomic E-state index is -0.218. The van der Waals surface area contributed by atoms with Crippen LogP contribution >= 0.6 is 0 Å². The summed E-state index contributed by atoms with van der Waals surface area (Å²) in [5.41, 5.74) is 6.11. The summed E-state index contributed by atoms with van der Waals surface area (Å²) in [6, 6.07) is 3.80. The molecule has 5 heteroatoms. The smallest absolute Gasteiger partial charge is 0.183 e. The normalized spacial score (nSPS) is 15.7. The van der Waals surface area contributed by atoms with Gasteiger partial charge in [-0.3, -0.25) is 0 Å². The fourth-order valence-electron chi connectivity index (χ4n) is 1.98. The first-order chi connectivity index (χ1) is 8.85. The molecule has 0 amide bonds. The lowest BCUT2D eigenvalue weighted by Crippen LogP contribution is -2.30. The van der Waals surface area contributed by atoms with E-state index < -0.39 is 0 Å². The van der Waals surface area contributed by atoms with E-state index in [1.165, 1.54) is 0 Å². The zero-order chi connectivity index (χ0) is 14.0. The second-order valence-corrected chi connectivity index (χ2v) is 5.73. The summed E-state index contributed by atoms with van der Waals surface area (Å²) in [4.78, 5) is 8.62. The molecule has 1 aliphatic rings. The molecule has 2 heterocycles. The highest BCUT2D eigenvalue weighted by Gasteiger charge is 2.25.